The van der Waals surface area contributed by atoms with E-state index < -0.39 is 0 Å². The molecule has 0 aliphatic carbocycles. The number of carbonyl (C=O) groups excluding carboxylic acids is 1. The Kier molecular flexibility index (Phi) is 7.12. The molecule has 1 aromatic heterocycles. The zero-order valence-electron chi connectivity index (χ0n) is 15.5. The van der Waals surface area contributed by atoms with Crippen molar-refractivity contribution in [2.45, 2.75) is 25.8 Å². The summed E-state index contributed by atoms with van der Waals surface area (Å²) in [5, 5.41) is 9.37. The summed E-state index contributed by atoms with van der Waals surface area (Å²) in [6, 6.07) is 9.96. The van der Waals surface area contributed by atoms with Crippen LogP contribution in [0.2, 0.25) is 5.02 Å². The van der Waals surface area contributed by atoms with Crippen molar-refractivity contribution in [2.24, 2.45) is 4.99 Å². The van der Waals surface area contributed by atoms with Crippen molar-refractivity contribution < 1.29 is 4.79 Å². The molecule has 2 aromatic rings. The maximum absolute atomic E-state index is 12.5. The largest absolute Gasteiger partial charge is 0.356 e. The molecule has 0 radical (unpaired) electrons. The Hall–Kier alpha value is -2.05. The SMILES string of the molecule is CN=C(NCCC(=O)N1CCc2sccc2C1)NCCc1ccccc1Cl. The molecule has 2 N–H and O–H groups in total. The van der Waals surface area contributed by atoms with Crippen LogP contribution in [0.1, 0.15) is 22.4 Å². The minimum absolute atomic E-state index is 0.186. The Morgan fingerprint density at radius 3 is 2.89 bits per heavy atom. The predicted molar refractivity (Wildman–Crippen MR) is 113 cm³/mol. The van der Waals surface area contributed by atoms with Crippen molar-refractivity contribution in [3.05, 3.63) is 56.7 Å². The minimum Gasteiger partial charge on any atom is -0.356 e. The molecule has 7 heteroatoms. The zero-order chi connectivity index (χ0) is 19.1. The predicted octanol–water partition coefficient (Wildman–Crippen LogP) is 3.08. The highest BCUT2D eigenvalue weighted by atomic mass is 35.5. The summed E-state index contributed by atoms with van der Waals surface area (Å²) in [4.78, 5) is 20.0. The van der Waals surface area contributed by atoms with Gasteiger partial charge in [-0.2, -0.15) is 0 Å². The molecule has 1 aliphatic heterocycles. The molecule has 144 valence electrons. The third-order valence-electron chi connectivity index (χ3n) is 4.66. The van der Waals surface area contributed by atoms with E-state index in [1.807, 2.05) is 29.2 Å². The van der Waals surface area contributed by atoms with E-state index in [1.54, 1.807) is 18.4 Å². The maximum atomic E-state index is 12.5. The number of rotatable bonds is 6. The number of carbonyl (C=O) groups is 1. The van der Waals surface area contributed by atoms with Crippen LogP contribution in [-0.4, -0.2) is 43.4 Å². The molecule has 2 heterocycles. The number of halogens is 1. The highest BCUT2D eigenvalue weighted by molar-refractivity contribution is 7.10. The smallest absolute Gasteiger partial charge is 0.224 e. The summed E-state index contributed by atoms with van der Waals surface area (Å²) in [5.41, 5.74) is 2.40. The molecule has 5 nitrogen and oxygen atoms in total. The van der Waals surface area contributed by atoms with Crippen molar-refractivity contribution >= 4 is 34.8 Å². The van der Waals surface area contributed by atoms with Crippen molar-refractivity contribution in [1.82, 2.24) is 15.5 Å². The van der Waals surface area contributed by atoms with Gasteiger partial charge in [-0.25, -0.2) is 0 Å². The topological polar surface area (TPSA) is 56.7 Å². The van der Waals surface area contributed by atoms with Crippen LogP contribution in [0.5, 0.6) is 0 Å². The zero-order valence-corrected chi connectivity index (χ0v) is 17.1. The molecule has 0 saturated carbocycles. The number of hydrogen-bond acceptors (Lipinski definition) is 3. The summed E-state index contributed by atoms with van der Waals surface area (Å²) in [6.07, 6.45) is 2.25. The van der Waals surface area contributed by atoms with E-state index in [9.17, 15) is 4.79 Å². The number of amides is 1. The van der Waals surface area contributed by atoms with Crippen LogP contribution in [0.3, 0.4) is 0 Å². The fourth-order valence-corrected chi connectivity index (χ4v) is 4.26. The molecule has 1 aromatic carbocycles. The summed E-state index contributed by atoms with van der Waals surface area (Å²) >= 11 is 7.96. The number of aliphatic imine (C=N–C) groups is 1. The number of benzene rings is 1. The first kappa shape index (κ1) is 19.7. The Bertz CT molecular complexity index is 805. The van der Waals surface area contributed by atoms with Gasteiger partial charge in [0.25, 0.3) is 0 Å². The number of nitrogens with zero attached hydrogens (tertiary/aromatic N) is 2. The molecule has 1 amide bonds. The first-order valence-electron chi connectivity index (χ1n) is 9.18. The van der Waals surface area contributed by atoms with Gasteiger partial charge in [0.05, 0.1) is 0 Å². The number of guanidine groups is 1. The van der Waals surface area contributed by atoms with Crippen LogP contribution >= 0.6 is 22.9 Å². The molecular weight excluding hydrogens is 380 g/mol. The number of fused-ring (bicyclic) bond motifs is 1. The summed E-state index contributed by atoms with van der Waals surface area (Å²) < 4.78 is 0. The van der Waals surface area contributed by atoms with Crippen LogP contribution in [0.25, 0.3) is 0 Å². The van der Waals surface area contributed by atoms with Crippen LogP contribution in [-0.2, 0) is 24.2 Å². The number of nitrogens with one attached hydrogen (secondary N) is 2. The highest BCUT2D eigenvalue weighted by Crippen LogP contribution is 2.24. The molecule has 3 rings (SSSR count). The van der Waals surface area contributed by atoms with Crippen molar-refractivity contribution in [1.29, 1.82) is 0 Å². The molecule has 0 bridgehead atoms. The van der Waals surface area contributed by atoms with Gasteiger partial charge in [-0.3, -0.25) is 9.79 Å². The van der Waals surface area contributed by atoms with E-state index in [-0.39, 0.29) is 5.91 Å². The third-order valence-corrected chi connectivity index (χ3v) is 6.05. The third kappa shape index (κ3) is 5.47. The summed E-state index contributed by atoms with van der Waals surface area (Å²) in [7, 11) is 1.73. The lowest BCUT2D eigenvalue weighted by Gasteiger charge is -2.27. The Balaban J connectivity index is 1.37. The maximum Gasteiger partial charge on any atom is 0.224 e. The van der Waals surface area contributed by atoms with Gasteiger partial charge in [-0.05, 0) is 41.5 Å². The van der Waals surface area contributed by atoms with E-state index in [2.05, 4.69) is 27.1 Å². The van der Waals surface area contributed by atoms with E-state index in [0.717, 1.165) is 43.1 Å². The molecule has 27 heavy (non-hydrogen) atoms. The van der Waals surface area contributed by atoms with E-state index in [0.29, 0.717) is 18.9 Å². The van der Waals surface area contributed by atoms with Gasteiger partial charge in [0, 0.05) is 49.5 Å². The van der Waals surface area contributed by atoms with E-state index >= 15 is 0 Å². The number of hydrogen-bond donors (Lipinski definition) is 2. The second-order valence-corrected chi connectivity index (χ2v) is 7.86. The lowest BCUT2D eigenvalue weighted by atomic mass is 10.1. The Labute approximate surface area is 169 Å². The van der Waals surface area contributed by atoms with Crippen LogP contribution < -0.4 is 10.6 Å². The molecule has 0 unspecified atom stereocenters. The second-order valence-electron chi connectivity index (χ2n) is 6.45. The molecule has 0 saturated heterocycles. The van der Waals surface area contributed by atoms with Gasteiger partial charge in [-0.1, -0.05) is 29.8 Å². The van der Waals surface area contributed by atoms with E-state index in [1.165, 1.54) is 10.4 Å². The van der Waals surface area contributed by atoms with Gasteiger partial charge < -0.3 is 15.5 Å². The molecule has 0 spiro atoms. The average molecular weight is 405 g/mol. The molecule has 0 fully saturated rings. The van der Waals surface area contributed by atoms with Crippen molar-refractivity contribution in [3.63, 3.8) is 0 Å². The standard InChI is InChI=1S/C20H25ClN4OS/c1-22-20(23-10-6-15-4-2-3-5-17(15)21)24-11-7-19(26)25-12-8-18-16(14-25)9-13-27-18/h2-5,9,13H,6-8,10-12,14H2,1H3,(H2,22,23,24). The first-order valence-corrected chi connectivity index (χ1v) is 10.4. The first-order chi connectivity index (χ1) is 13.2. The minimum atomic E-state index is 0.186. The molecule has 1 aliphatic rings. The van der Waals surface area contributed by atoms with Crippen LogP contribution in [0, 0.1) is 0 Å². The summed E-state index contributed by atoms with van der Waals surface area (Å²) in [6.45, 7) is 2.85. The normalized spacial score (nSPS) is 14.0. The van der Waals surface area contributed by atoms with Crippen molar-refractivity contribution in [2.75, 3.05) is 26.7 Å². The van der Waals surface area contributed by atoms with Crippen LogP contribution in [0.15, 0.2) is 40.7 Å². The van der Waals surface area contributed by atoms with Crippen LogP contribution in [0.4, 0.5) is 0 Å². The van der Waals surface area contributed by atoms with E-state index in [4.69, 9.17) is 11.6 Å². The van der Waals surface area contributed by atoms with Gasteiger partial charge in [-0.15, -0.1) is 11.3 Å². The van der Waals surface area contributed by atoms with Gasteiger partial charge in [0.1, 0.15) is 0 Å². The Morgan fingerprint density at radius 1 is 1.26 bits per heavy atom. The number of thiophene rings is 1. The average Bonchev–Trinajstić information content (AvgIpc) is 3.15. The second kappa shape index (κ2) is 9.76. The Morgan fingerprint density at radius 2 is 2.07 bits per heavy atom. The quantitative estimate of drug-likeness (QED) is 0.574. The molecular formula is C20H25ClN4OS. The van der Waals surface area contributed by atoms with Gasteiger partial charge >= 0.3 is 0 Å². The monoisotopic (exact) mass is 404 g/mol. The highest BCUT2D eigenvalue weighted by Gasteiger charge is 2.20. The lowest BCUT2D eigenvalue weighted by Crippen LogP contribution is -2.41. The fraction of sp³-hybridized carbons (Fsp3) is 0.400. The fourth-order valence-electron chi connectivity index (χ4n) is 3.14. The van der Waals surface area contributed by atoms with Gasteiger partial charge in [0.15, 0.2) is 5.96 Å². The molecule has 0 atom stereocenters. The summed E-state index contributed by atoms with van der Waals surface area (Å²) in [5.74, 6) is 0.888. The lowest BCUT2D eigenvalue weighted by molar-refractivity contribution is -0.131. The van der Waals surface area contributed by atoms with Crippen molar-refractivity contribution in [3.8, 4) is 0 Å². The van der Waals surface area contributed by atoms with Gasteiger partial charge in [0.2, 0.25) is 5.91 Å².